The number of fused-ring (bicyclic) bond motifs is 5. The van der Waals surface area contributed by atoms with E-state index in [-0.39, 0.29) is 0 Å². The van der Waals surface area contributed by atoms with Crippen LogP contribution in [-0.4, -0.2) is 19.6 Å². The third-order valence-electron chi connectivity index (χ3n) is 2.99. The van der Waals surface area contributed by atoms with Crippen LogP contribution in [0.15, 0.2) is 48.9 Å². The average molecular weight is 220 g/mol. The molecule has 3 heterocycles. The maximum atomic E-state index is 4.62. The summed E-state index contributed by atoms with van der Waals surface area (Å²) in [5.41, 5.74) is 3.82. The van der Waals surface area contributed by atoms with Crippen molar-refractivity contribution in [3.05, 3.63) is 48.9 Å². The minimum absolute atomic E-state index is 0.793. The molecule has 0 saturated carbocycles. The molecule has 0 saturated heterocycles. The summed E-state index contributed by atoms with van der Waals surface area (Å²) in [6.07, 6.45) is 5.53. The first-order valence-electron chi connectivity index (χ1n) is 5.40. The summed E-state index contributed by atoms with van der Waals surface area (Å²) >= 11 is 0. The van der Waals surface area contributed by atoms with E-state index < -0.39 is 0 Å². The normalized spacial score (nSPS) is 11.5. The molecule has 0 fully saturated rings. The second kappa shape index (κ2) is 3.01. The number of nitrogens with zero attached hydrogens (tertiary/aromatic N) is 4. The maximum absolute atomic E-state index is 4.62. The van der Waals surface area contributed by atoms with E-state index in [4.69, 9.17) is 0 Å². The van der Waals surface area contributed by atoms with Gasteiger partial charge in [-0.2, -0.15) is 5.10 Å². The van der Waals surface area contributed by atoms with Gasteiger partial charge in [0.05, 0.1) is 11.7 Å². The monoisotopic (exact) mass is 220 g/mol. The van der Waals surface area contributed by atoms with Gasteiger partial charge in [-0.1, -0.05) is 18.2 Å². The topological polar surface area (TPSA) is 43.1 Å². The van der Waals surface area contributed by atoms with Crippen LogP contribution >= 0.6 is 0 Å². The lowest BCUT2D eigenvalue weighted by Crippen LogP contribution is -1.96. The van der Waals surface area contributed by atoms with Crippen molar-refractivity contribution in [3.8, 4) is 11.3 Å². The van der Waals surface area contributed by atoms with Gasteiger partial charge in [-0.3, -0.25) is 0 Å². The Morgan fingerprint density at radius 3 is 2.94 bits per heavy atom. The quantitative estimate of drug-likeness (QED) is 0.457. The number of aromatic nitrogens is 4. The fourth-order valence-electron chi connectivity index (χ4n) is 2.20. The van der Waals surface area contributed by atoms with Crippen LogP contribution in [0.5, 0.6) is 0 Å². The fourth-order valence-corrected chi connectivity index (χ4v) is 2.20. The molecule has 4 heteroatoms. The highest BCUT2D eigenvalue weighted by atomic mass is 15.2. The lowest BCUT2D eigenvalue weighted by molar-refractivity contribution is 0.966. The molecule has 2 aliphatic rings. The molecule has 0 unspecified atom stereocenters. The summed E-state index contributed by atoms with van der Waals surface area (Å²) < 4.78 is 1.93. The zero-order valence-corrected chi connectivity index (χ0v) is 8.91. The maximum Gasteiger partial charge on any atom is 0.185 e. The molecule has 4 rings (SSSR count). The van der Waals surface area contributed by atoms with Gasteiger partial charge in [-0.25, -0.2) is 4.98 Å². The lowest BCUT2D eigenvalue weighted by atomic mass is 10.1. The first kappa shape index (κ1) is 8.64. The Kier molecular flexibility index (Phi) is 1.53. The molecule has 0 spiro atoms. The number of hydrogen-bond acceptors (Lipinski definition) is 3. The minimum atomic E-state index is 0.793. The molecule has 17 heavy (non-hydrogen) atoms. The van der Waals surface area contributed by atoms with E-state index >= 15 is 0 Å². The van der Waals surface area contributed by atoms with Gasteiger partial charge in [0, 0.05) is 23.3 Å². The van der Waals surface area contributed by atoms with Crippen molar-refractivity contribution in [1.82, 2.24) is 19.6 Å². The smallest absolute Gasteiger partial charge is 0.185 e. The second-order valence-electron chi connectivity index (χ2n) is 3.95. The van der Waals surface area contributed by atoms with Crippen LogP contribution in [-0.2, 0) is 0 Å². The molecule has 0 N–H and O–H groups in total. The minimum Gasteiger partial charge on any atom is -0.304 e. The zero-order chi connectivity index (χ0) is 11.2. The van der Waals surface area contributed by atoms with Crippen molar-refractivity contribution in [3.63, 3.8) is 0 Å². The third kappa shape index (κ3) is 1.09. The summed E-state index contributed by atoms with van der Waals surface area (Å²) in [7, 11) is 0. The van der Waals surface area contributed by atoms with Crippen LogP contribution in [0.4, 0.5) is 0 Å². The first-order valence-corrected chi connectivity index (χ1v) is 5.40. The Morgan fingerprint density at radius 2 is 1.94 bits per heavy atom. The van der Waals surface area contributed by atoms with Crippen LogP contribution in [0.3, 0.4) is 0 Å². The second-order valence-corrected chi connectivity index (χ2v) is 3.95. The van der Waals surface area contributed by atoms with Crippen LogP contribution in [0.1, 0.15) is 0 Å². The molecule has 0 radical (unpaired) electrons. The summed E-state index contributed by atoms with van der Waals surface area (Å²) in [4.78, 5) is 4.62. The van der Waals surface area contributed by atoms with Gasteiger partial charge in [0.2, 0.25) is 0 Å². The highest BCUT2D eigenvalue weighted by Gasteiger charge is 2.15. The summed E-state index contributed by atoms with van der Waals surface area (Å²) in [5, 5.41) is 9.24. The highest BCUT2D eigenvalue weighted by molar-refractivity contribution is 6.00. The van der Waals surface area contributed by atoms with Gasteiger partial charge in [-0.15, -0.1) is 5.10 Å². The van der Waals surface area contributed by atoms with E-state index in [1.165, 1.54) is 0 Å². The van der Waals surface area contributed by atoms with Crippen molar-refractivity contribution < 1.29 is 0 Å². The molecule has 0 aliphatic carbocycles. The SMILES string of the molecule is c1ccc2c3ccn4ccnnc4c-3nc2c1. The molecule has 1 aromatic carbocycles. The molecule has 80 valence electrons. The van der Waals surface area contributed by atoms with Crippen LogP contribution in [0, 0.1) is 0 Å². The Labute approximate surface area is 96.9 Å². The Balaban J connectivity index is 2.28. The van der Waals surface area contributed by atoms with Crippen molar-refractivity contribution >= 4 is 16.6 Å². The van der Waals surface area contributed by atoms with Crippen molar-refractivity contribution in [2.24, 2.45) is 0 Å². The van der Waals surface area contributed by atoms with E-state index in [0.717, 1.165) is 27.8 Å². The van der Waals surface area contributed by atoms with Gasteiger partial charge in [-0.05, 0) is 12.1 Å². The zero-order valence-electron chi connectivity index (χ0n) is 8.91. The van der Waals surface area contributed by atoms with E-state index in [2.05, 4.69) is 27.3 Å². The predicted octanol–water partition coefficient (Wildman–Crippen LogP) is 2.38. The largest absolute Gasteiger partial charge is 0.304 e. The molecular formula is C13H8N4. The number of rotatable bonds is 0. The van der Waals surface area contributed by atoms with Crippen LogP contribution in [0.25, 0.3) is 27.8 Å². The average Bonchev–Trinajstić information content (AvgIpc) is 2.78. The summed E-state index contributed by atoms with van der Waals surface area (Å²) in [6.45, 7) is 0. The Bertz CT molecular complexity index is 803. The molecular weight excluding hydrogens is 212 g/mol. The number of para-hydroxylation sites is 1. The standard InChI is InChI=1S/C13H8N4/c1-2-4-11-9(3-1)10-5-7-17-8-6-14-16-13(17)12(10)15-11/h1-8H. The lowest BCUT2D eigenvalue weighted by Gasteiger charge is -2.03. The molecule has 0 bridgehead atoms. The van der Waals surface area contributed by atoms with E-state index in [1.807, 2.05) is 35.0 Å². The predicted molar refractivity (Wildman–Crippen MR) is 64.9 cm³/mol. The molecule has 1 aromatic heterocycles. The number of hydrogen-bond donors (Lipinski definition) is 0. The van der Waals surface area contributed by atoms with Gasteiger partial charge >= 0.3 is 0 Å². The van der Waals surface area contributed by atoms with Gasteiger partial charge in [0.1, 0.15) is 5.69 Å². The Hall–Kier alpha value is -2.49. The number of pyridine rings is 1. The van der Waals surface area contributed by atoms with E-state index in [1.54, 1.807) is 6.20 Å². The summed E-state index contributed by atoms with van der Waals surface area (Å²) in [5.74, 6) is 0. The highest BCUT2D eigenvalue weighted by Crippen LogP contribution is 2.32. The molecule has 0 atom stereocenters. The molecule has 0 amide bonds. The summed E-state index contributed by atoms with van der Waals surface area (Å²) in [6, 6.07) is 10.2. The van der Waals surface area contributed by atoms with Crippen LogP contribution < -0.4 is 0 Å². The van der Waals surface area contributed by atoms with Crippen molar-refractivity contribution in [2.45, 2.75) is 0 Å². The third-order valence-corrected chi connectivity index (χ3v) is 2.99. The van der Waals surface area contributed by atoms with Crippen LogP contribution in [0.2, 0.25) is 0 Å². The fraction of sp³-hybridized carbons (Fsp3) is 0. The molecule has 4 nitrogen and oxygen atoms in total. The van der Waals surface area contributed by atoms with Crippen molar-refractivity contribution in [1.29, 1.82) is 0 Å². The van der Waals surface area contributed by atoms with Gasteiger partial charge in [0.15, 0.2) is 5.65 Å². The molecule has 2 aromatic rings. The Morgan fingerprint density at radius 1 is 1.00 bits per heavy atom. The molecule has 2 aliphatic heterocycles. The number of benzene rings is 1. The van der Waals surface area contributed by atoms with Gasteiger partial charge in [0.25, 0.3) is 0 Å². The van der Waals surface area contributed by atoms with Gasteiger partial charge < -0.3 is 4.40 Å². The van der Waals surface area contributed by atoms with E-state index in [9.17, 15) is 0 Å². The van der Waals surface area contributed by atoms with E-state index in [0.29, 0.717) is 0 Å². The first-order chi connectivity index (χ1) is 8.43. The van der Waals surface area contributed by atoms with Crippen molar-refractivity contribution in [2.75, 3.05) is 0 Å².